The third-order valence-electron chi connectivity index (χ3n) is 7.49. The molecule has 3 heterocycles. The molecule has 1 aromatic rings. The van der Waals surface area contributed by atoms with Gasteiger partial charge in [-0.2, -0.15) is 10.7 Å². The topological polar surface area (TPSA) is 124 Å². The minimum atomic E-state index is -0.716. The Morgan fingerprint density at radius 3 is 3.00 bits per heavy atom. The highest BCUT2D eigenvalue weighted by atomic mass is 32.2. The third kappa shape index (κ3) is 4.19. The van der Waals surface area contributed by atoms with Gasteiger partial charge in [0, 0.05) is 37.6 Å². The highest BCUT2D eigenvalue weighted by molar-refractivity contribution is 7.94. The summed E-state index contributed by atoms with van der Waals surface area (Å²) in [6.45, 7) is 1.66. The van der Waals surface area contributed by atoms with Crippen LogP contribution in [0.2, 0.25) is 0 Å². The SMILES string of the molecule is CNOOSc1ccc2c(c1)CC[C@@H]2N1C(=O)[C@H]2C[C@@H]1CN2C[C@H](N)C(=O)N1CCC[C@H]1C#N. The number of hydrogen-bond acceptors (Lipinski definition) is 9. The van der Waals surface area contributed by atoms with Crippen LogP contribution in [0.4, 0.5) is 0 Å². The van der Waals surface area contributed by atoms with Gasteiger partial charge in [-0.25, -0.2) is 0 Å². The molecule has 3 fully saturated rings. The van der Waals surface area contributed by atoms with Crippen LogP contribution in [0.3, 0.4) is 0 Å². The first-order chi connectivity index (χ1) is 16.5. The van der Waals surface area contributed by atoms with Crippen molar-refractivity contribution < 1.29 is 18.9 Å². The average molecular weight is 487 g/mol. The third-order valence-corrected chi connectivity index (χ3v) is 8.07. The molecule has 182 valence electrons. The van der Waals surface area contributed by atoms with Gasteiger partial charge in [0.15, 0.2) is 0 Å². The van der Waals surface area contributed by atoms with E-state index in [2.05, 4.69) is 33.5 Å². The van der Waals surface area contributed by atoms with Gasteiger partial charge in [-0.1, -0.05) is 6.07 Å². The summed E-state index contributed by atoms with van der Waals surface area (Å²) in [6.07, 6.45) is 4.14. The maximum absolute atomic E-state index is 13.4. The number of carbonyl (C=O) groups excluding carboxylic acids is 2. The first-order valence-corrected chi connectivity index (χ1v) is 12.6. The maximum atomic E-state index is 13.4. The summed E-state index contributed by atoms with van der Waals surface area (Å²) in [5.41, 5.74) is 11.2. The molecule has 0 aromatic heterocycles. The summed E-state index contributed by atoms with van der Waals surface area (Å²) in [5.74, 6) is -0.0485. The van der Waals surface area contributed by atoms with Crippen molar-refractivity contribution in [2.75, 3.05) is 26.7 Å². The standard InChI is InChI=1S/C23H30N6O4S/c1-26-32-33-34-17-5-6-18-14(9-17)4-7-20(18)29-16-10-21(23(29)31)27(12-16)13-19(25)22(30)28-8-2-3-15(28)11-24/h5-6,9,15-16,19-21,26H,2-4,7-8,10,12-13,25H2,1H3/t15-,16+,19-,20-,21+/m0/s1. The van der Waals surface area contributed by atoms with E-state index in [4.69, 9.17) is 15.1 Å². The first-order valence-electron chi connectivity index (χ1n) is 11.8. The molecular formula is C23H30N6O4S. The number of hydroxylamine groups is 1. The van der Waals surface area contributed by atoms with E-state index in [-0.39, 0.29) is 36.0 Å². The fraction of sp³-hybridized carbons (Fsp3) is 0.609. The Bertz CT molecular complexity index is 1000. The largest absolute Gasteiger partial charge is 0.330 e. The van der Waals surface area contributed by atoms with Crippen LogP contribution in [-0.4, -0.2) is 77.4 Å². The Balaban J connectivity index is 1.21. The Morgan fingerprint density at radius 1 is 1.38 bits per heavy atom. The molecule has 4 aliphatic rings. The number of benzene rings is 1. The number of nitrogens with two attached hydrogens (primary N) is 1. The number of rotatable bonds is 8. The van der Waals surface area contributed by atoms with Crippen LogP contribution in [0.1, 0.15) is 42.9 Å². The fourth-order valence-electron chi connectivity index (χ4n) is 6.01. The average Bonchev–Trinajstić information content (AvgIpc) is 3.61. The molecule has 2 bridgehead atoms. The zero-order chi connectivity index (χ0) is 23.8. The van der Waals surface area contributed by atoms with Gasteiger partial charge in [0.05, 0.1) is 36.2 Å². The van der Waals surface area contributed by atoms with Crippen molar-refractivity contribution in [3.63, 3.8) is 0 Å². The van der Waals surface area contributed by atoms with E-state index in [1.165, 1.54) is 11.1 Å². The highest BCUT2D eigenvalue weighted by Gasteiger charge is 2.53. The monoisotopic (exact) mass is 486 g/mol. The summed E-state index contributed by atoms with van der Waals surface area (Å²) in [4.78, 5) is 37.6. The summed E-state index contributed by atoms with van der Waals surface area (Å²) >= 11 is 1.14. The summed E-state index contributed by atoms with van der Waals surface area (Å²) in [7, 11) is 1.62. The van der Waals surface area contributed by atoms with E-state index in [0.29, 0.717) is 19.5 Å². The number of aryl methyl sites for hydroxylation is 1. The Kier molecular flexibility index (Phi) is 6.79. The van der Waals surface area contributed by atoms with E-state index in [1.807, 2.05) is 6.07 Å². The number of likely N-dealkylation sites (tertiary alicyclic amines) is 3. The van der Waals surface area contributed by atoms with Crippen molar-refractivity contribution in [1.29, 1.82) is 5.26 Å². The molecule has 5 rings (SSSR count). The molecule has 3 saturated heterocycles. The van der Waals surface area contributed by atoms with Gasteiger partial charge in [0.1, 0.15) is 6.04 Å². The van der Waals surface area contributed by atoms with Gasteiger partial charge in [0.2, 0.25) is 11.8 Å². The molecule has 34 heavy (non-hydrogen) atoms. The van der Waals surface area contributed by atoms with Crippen molar-refractivity contribution in [3.05, 3.63) is 29.3 Å². The van der Waals surface area contributed by atoms with Crippen LogP contribution in [0.25, 0.3) is 0 Å². The molecule has 0 spiro atoms. The van der Waals surface area contributed by atoms with Crippen LogP contribution in [0.5, 0.6) is 0 Å². The van der Waals surface area contributed by atoms with Gasteiger partial charge < -0.3 is 15.5 Å². The highest BCUT2D eigenvalue weighted by Crippen LogP contribution is 2.44. The molecule has 0 unspecified atom stereocenters. The molecule has 1 aliphatic carbocycles. The predicted molar refractivity (Wildman–Crippen MR) is 124 cm³/mol. The number of amides is 2. The Hall–Kier alpha value is -2.20. The smallest absolute Gasteiger partial charge is 0.241 e. The number of nitriles is 1. The second-order valence-electron chi connectivity index (χ2n) is 9.38. The van der Waals surface area contributed by atoms with Crippen molar-refractivity contribution in [1.82, 2.24) is 20.2 Å². The minimum absolute atomic E-state index is 0.0875. The lowest BCUT2D eigenvalue weighted by Gasteiger charge is -2.38. The van der Waals surface area contributed by atoms with Crippen LogP contribution >= 0.6 is 12.0 Å². The number of nitrogens with zero attached hydrogens (tertiary/aromatic N) is 4. The van der Waals surface area contributed by atoms with E-state index >= 15 is 0 Å². The van der Waals surface area contributed by atoms with Gasteiger partial charge in [-0.05, 0) is 55.4 Å². The first kappa shape index (κ1) is 23.5. The van der Waals surface area contributed by atoms with Gasteiger partial charge >= 0.3 is 0 Å². The molecule has 5 atom stereocenters. The minimum Gasteiger partial charge on any atom is -0.330 e. The van der Waals surface area contributed by atoms with E-state index < -0.39 is 6.04 Å². The molecular weight excluding hydrogens is 456 g/mol. The van der Waals surface area contributed by atoms with Crippen molar-refractivity contribution >= 4 is 23.9 Å². The summed E-state index contributed by atoms with van der Waals surface area (Å²) in [6, 6.07) is 7.28. The molecule has 0 saturated carbocycles. The zero-order valence-electron chi connectivity index (χ0n) is 19.2. The van der Waals surface area contributed by atoms with Gasteiger partial charge in [-0.3, -0.25) is 14.5 Å². The van der Waals surface area contributed by atoms with E-state index in [1.54, 1.807) is 11.9 Å². The number of nitrogens with one attached hydrogen (secondary N) is 1. The van der Waals surface area contributed by atoms with Gasteiger partial charge in [-0.15, -0.1) is 9.32 Å². The lowest BCUT2D eigenvalue weighted by molar-refractivity contribution is -0.237. The lowest BCUT2D eigenvalue weighted by atomic mass is 10.1. The van der Waals surface area contributed by atoms with Crippen LogP contribution in [0, 0.1) is 11.3 Å². The van der Waals surface area contributed by atoms with E-state index in [0.717, 1.165) is 49.2 Å². The predicted octanol–water partition coefficient (Wildman–Crippen LogP) is 0.891. The maximum Gasteiger partial charge on any atom is 0.241 e. The Morgan fingerprint density at radius 2 is 2.24 bits per heavy atom. The second-order valence-corrected chi connectivity index (χ2v) is 10.2. The molecule has 2 amide bonds. The molecule has 3 aliphatic heterocycles. The Labute approximate surface area is 203 Å². The zero-order valence-corrected chi connectivity index (χ0v) is 20.0. The van der Waals surface area contributed by atoms with Crippen molar-refractivity contribution in [2.45, 2.75) is 67.2 Å². The molecule has 0 radical (unpaired) electrons. The lowest BCUT2D eigenvalue weighted by Crippen LogP contribution is -2.56. The molecule has 10 nitrogen and oxygen atoms in total. The summed E-state index contributed by atoms with van der Waals surface area (Å²) in [5, 5.41) is 9.28. The second kappa shape index (κ2) is 9.81. The molecule has 1 aromatic carbocycles. The number of carbonyl (C=O) groups is 2. The van der Waals surface area contributed by atoms with Gasteiger partial charge in [0.25, 0.3) is 0 Å². The number of hydrogen-bond donors (Lipinski definition) is 2. The number of piperazine rings is 1. The van der Waals surface area contributed by atoms with E-state index in [9.17, 15) is 14.9 Å². The van der Waals surface area contributed by atoms with Crippen LogP contribution in [-0.2, 0) is 25.3 Å². The van der Waals surface area contributed by atoms with Crippen molar-refractivity contribution in [3.8, 4) is 6.07 Å². The number of fused-ring (bicyclic) bond motifs is 3. The summed E-state index contributed by atoms with van der Waals surface area (Å²) < 4.78 is 5.00. The normalized spacial score (nSPS) is 29.0. The fourth-order valence-corrected chi connectivity index (χ4v) is 6.51. The van der Waals surface area contributed by atoms with Crippen molar-refractivity contribution in [2.24, 2.45) is 5.73 Å². The molecule has 3 N–H and O–H groups in total. The van der Waals surface area contributed by atoms with Crippen LogP contribution < -0.4 is 11.2 Å². The quantitative estimate of drug-likeness (QED) is 0.239. The molecule has 11 heteroatoms. The van der Waals surface area contributed by atoms with Crippen LogP contribution in [0.15, 0.2) is 23.1 Å².